The normalized spacial score (nSPS) is 10.8. The third-order valence-corrected chi connectivity index (χ3v) is 4.98. The number of hydrogen-bond donors (Lipinski definition) is 0. The number of fused-ring (bicyclic) bond motifs is 1. The van der Waals surface area contributed by atoms with Gasteiger partial charge in [0.2, 0.25) is 0 Å². The van der Waals surface area contributed by atoms with E-state index in [1.54, 1.807) is 6.20 Å². The predicted molar refractivity (Wildman–Crippen MR) is 73.9 cm³/mol. The molecular weight excluding hydrogens is 331 g/mol. The van der Waals surface area contributed by atoms with Crippen LogP contribution in [0.25, 0.3) is 15.8 Å². The van der Waals surface area contributed by atoms with Crippen LogP contribution in [0.2, 0.25) is 5.02 Å². The number of hydrogen-bond acceptors (Lipinski definition) is 3. The topological polar surface area (TPSA) is 43.6 Å². The Balaban J connectivity index is 2.01. The molecule has 6 heteroatoms. The third kappa shape index (κ3) is 2.32. The Hall–Kier alpha value is -1.55. The molecule has 2 aromatic heterocycles. The molecule has 2 heterocycles. The second kappa shape index (κ2) is 4.85. The second-order valence-corrected chi connectivity index (χ2v) is 6.46. The number of carbonyl (C=O) groups is 1. The molecule has 0 saturated heterocycles. The van der Waals surface area contributed by atoms with Crippen LogP contribution in [0, 0.1) is 0 Å². The summed E-state index contributed by atoms with van der Waals surface area (Å²) in [4.78, 5) is 16.0. The average Bonchev–Trinajstić information content (AvgIpc) is 2.97. The molecule has 0 aliphatic rings. The van der Waals surface area contributed by atoms with Crippen LogP contribution in [-0.2, 0) is 4.74 Å². The van der Waals surface area contributed by atoms with Gasteiger partial charge in [-0.05, 0) is 0 Å². The summed E-state index contributed by atoms with van der Waals surface area (Å²) in [6.07, 6.45) is 3.70. The van der Waals surface area contributed by atoms with Crippen LogP contribution in [0.4, 0.5) is 0 Å². The second-order valence-electron chi connectivity index (χ2n) is 3.91. The number of halogens is 1. The molecule has 0 amide bonds. The Kier molecular flexibility index (Phi) is 3.19. The van der Waals surface area contributed by atoms with E-state index in [1.807, 2.05) is 34.9 Å². The van der Waals surface area contributed by atoms with Crippen molar-refractivity contribution in [2.45, 2.75) is 0 Å². The van der Waals surface area contributed by atoms with E-state index in [0.29, 0.717) is 9.46 Å². The van der Waals surface area contributed by atoms with Gasteiger partial charge in [-0.3, -0.25) is 0 Å². The van der Waals surface area contributed by atoms with Crippen molar-refractivity contribution >= 4 is 36.6 Å². The van der Waals surface area contributed by atoms with Crippen LogP contribution in [0.3, 0.4) is 0 Å². The van der Waals surface area contributed by atoms with E-state index in [9.17, 15) is 4.79 Å². The molecule has 0 N–H and O–H groups in total. The SMILES string of the molecule is COC(=O)c1cn2cc(-c3ccc(Cl)cc3)nc2[se]1. The van der Waals surface area contributed by atoms with Crippen molar-refractivity contribution < 1.29 is 9.53 Å². The van der Waals surface area contributed by atoms with E-state index in [-0.39, 0.29) is 20.5 Å². The van der Waals surface area contributed by atoms with Gasteiger partial charge in [-0.1, -0.05) is 0 Å². The molecular formula is C13H9ClN2O2Se. The van der Waals surface area contributed by atoms with Crippen molar-refractivity contribution in [2.24, 2.45) is 0 Å². The van der Waals surface area contributed by atoms with E-state index in [1.165, 1.54) is 7.11 Å². The maximum absolute atomic E-state index is 11.4. The fraction of sp³-hybridized carbons (Fsp3) is 0.0769. The number of nitrogens with zero attached hydrogens (tertiary/aromatic N) is 2. The summed E-state index contributed by atoms with van der Waals surface area (Å²) in [5, 5.41) is 0.701. The van der Waals surface area contributed by atoms with Crippen molar-refractivity contribution in [1.29, 1.82) is 0 Å². The van der Waals surface area contributed by atoms with E-state index in [2.05, 4.69) is 4.98 Å². The number of rotatable bonds is 2. The molecule has 0 aliphatic carbocycles. The van der Waals surface area contributed by atoms with Crippen molar-refractivity contribution in [3.63, 3.8) is 0 Å². The van der Waals surface area contributed by atoms with Gasteiger partial charge in [-0.25, -0.2) is 0 Å². The first-order chi connectivity index (χ1) is 9.17. The predicted octanol–water partition coefficient (Wildman–Crippen LogP) is 2.50. The maximum atomic E-state index is 11.4. The zero-order valence-corrected chi connectivity index (χ0v) is 12.4. The van der Waals surface area contributed by atoms with Crippen molar-refractivity contribution in [3.8, 4) is 11.3 Å². The van der Waals surface area contributed by atoms with E-state index < -0.39 is 0 Å². The number of aromatic nitrogens is 2. The number of ether oxygens (including phenoxy) is 1. The number of imidazole rings is 1. The molecule has 3 rings (SSSR count). The molecule has 0 fully saturated rings. The Morgan fingerprint density at radius 3 is 2.68 bits per heavy atom. The quantitative estimate of drug-likeness (QED) is 0.532. The van der Waals surface area contributed by atoms with Crippen molar-refractivity contribution in [3.05, 3.63) is 46.1 Å². The molecule has 0 bridgehead atoms. The van der Waals surface area contributed by atoms with Gasteiger partial charge in [-0.15, -0.1) is 0 Å². The summed E-state index contributed by atoms with van der Waals surface area (Å²) in [6.45, 7) is 0. The minimum atomic E-state index is -0.279. The van der Waals surface area contributed by atoms with Crippen LogP contribution < -0.4 is 0 Å². The van der Waals surface area contributed by atoms with E-state index in [4.69, 9.17) is 16.3 Å². The molecule has 0 saturated carbocycles. The summed E-state index contributed by atoms with van der Waals surface area (Å²) < 4.78 is 8.18. The molecule has 0 radical (unpaired) electrons. The van der Waals surface area contributed by atoms with E-state index >= 15 is 0 Å². The van der Waals surface area contributed by atoms with Crippen molar-refractivity contribution in [2.75, 3.05) is 7.11 Å². The first-order valence-electron chi connectivity index (χ1n) is 5.50. The molecule has 4 nitrogen and oxygen atoms in total. The van der Waals surface area contributed by atoms with E-state index in [0.717, 1.165) is 15.8 Å². The summed E-state index contributed by atoms with van der Waals surface area (Å²) in [5.74, 6) is -0.279. The van der Waals surface area contributed by atoms with Crippen LogP contribution in [0.1, 0.15) is 9.23 Å². The minimum absolute atomic E-state index is 0.0994. The van der Waals surface area contributed by atoms with Crippen LogP contribution in [-0.4, -0.2) is 37.0 Å². The monoisotopic (exact) mass is 340 g/mol. The van der Waals surface area contributed by atoms with Gasteiger partial charge in [0, 0.05) is 0 Å². The number of methoxy groups -OCH3 is 1. The number of carbonyl (C=O) groups excluding carboxylic acids is 1. The molecule has 19 heavy (non-hydrogen) atoms. The van der Waals surface area contributed by atoms with Gasteiger partial charge in [0.05, 0.1) is 0 Å². The summed E-state index contributed by atoms with van der Waals surface area (Å²) in [7, 11) is 1.39. The fourth-order valence-corrected chi connectivity index (χ4v) is 3.73. The Labute approximate surface area is 120 Å². The van der Waals surface area contributed by atoms with Crippen LogP contribution in [0.5, 0.6) is 0 Å². The van der Waals surface area contributed by atoms with Crippen LogP contribution >= 0.6 is 11.6 Å². The summed E-state index contributed by atoms with van der Waals surface area (Å²) in [6, 6.07) is 7.53. The Bertz CT molecular complexity index is 714. The molecule has 3 aromatic rings. The molecule has 1 aromatic carbocycles. The van der Waals surface area contributed by atoms with Gasteiger partial charge in [0.25, 0.3) is 0 Å². The summed E-state index contributed by atoms with van der Waals surface area (Å²) >= 11 is 5.76. The molecule has 0 unspecified atom stereocenters. The van der Waals surface area contributed by atoms with Gasteiger partial charge in [0.1, 0.15) is 0 Å². The zero-order chi connectivity index (χ0) is 13.4. The fourth-order valence-electron chi connectivity index (χ4n) is 1.75. The zero-order valence-electron chi connectivity index (χ0n) is 9.96. The van der Waals surface area contributed by atoms with Gasteiger partial charge < -0.3 is 0 Å². The Morgan fingerprint density at radius 1 is 1.32 bits per heavy atom. The van der Waals surface area contributed by atoms with Gasteiger partial charge in [-0.2, -0.15) is 0 Å². The summed E-state index contributed by atoms with van der Waals surface area (Å²) in [5.41, 5.74) is 1.89. The van der Waals surface area contributed by atoms with Gasteiger partial charge >= 0.3 is 120 Å². The first kappa shape index (κ1) is 12.5. The van der Waals surface area contributed by atoms with Crippen LogP contribution in [0.15, 0.2) is 36.7 Å². The van der Waals surface area contributed by atoms with Crippen molar-refractivity contribution in [1.82, 2.24) is 9.38 Å². The number of benzene rings is 1. The molecule has 0 spiro atoms. The Morgan fingerprint density at radius 2 is 2.05 bits per heavy atom. The standard InChI is InChI=1S/C13H9ClN2O2Se/c1-18-12(17)11-7-16-6-10(15-13(16)19-11)8-2-4-9(14)5-3-8/h2-7H,1H3. The first-order valence-corrected chi connectivity index (χ1v) is 7.59. The average molecular weight is 340 g/mol. The number of esters is 1. The molecule has 0 aliphatic heterocycles. The van der Waals surface area contributed by atoms with Gasteiger partial charge in [0.15, 0.2) is 0 Å². The molecule has 0 atom stereocenters. The molecule has 96 valence electrons. The third-order valence-electron chi connectivity index (χ3n) is 2.68.